The van der Waals surface area contributed by atoms with Crippen LogP contribution in [0.2, 0.25) is 0 Å². The van der Waals surface area contributed by atoms with Crippen LogP contribution in [-0.2, 0) is 0 Å². The first kappa shape index (κ1) is 15.4. The van der Waals surface area contributed by atoms with E-state index in [1.165, 1.54) is 0 Å². The second kappa shape index (κ2) is 6.77. The lowest BCUT2D eigenvalue weighted by molar-refractivity contribution is 0.0771. The smallest absolute Gasteiger partial charge is 0.254 e. The molecule has 0 atom stereocenters. The molecule has 1 aliphatic heterocycles. The molecule has 0 radical (unpaired) electrons. The summed E-state index contributed by atoms with van der Waals surface area (Å²) in [6, 6.07) is 15.8. The van der Waals surface area contributed by atoms with Gasteiger partial charge in [0.2, 0.25) is 0 Å². The Hall–Kier alpha value is -3.14. The Morgan fingerprint density at radius 3 is 2.68 bits per heavy atom. The van der Waals surface area contributed by atoms with Gasteiger partial charge in [-0.05, 0) is 36.3 Å². The average Bonchev–Trinajstić information content (AvgIpc) is 3.10. The van der Waals surface area contributed by atoms with Crippen molar-refractivity contribution < 1.29 is 4.79 Å². The molecule has 0 saturated carbocycles. The van der Waals surface area contributed by atoms with Crippen LogP contribution in [0.3, 0.4) is 0 Å². The lowest BCUT2D eigenvalue weighted by Gasteiger charge is -2.23. The number of fused-ring (bicyclic) bond motifs is 1. The van der Waals surface area contributed by atoms with Crippen LogP contribution in [-0.4, -0.2) is 34.1 Å². The number of carbonyl (C=O) groups is 1. The summed E-state index contributed by atoms with van der Waals surface area (Å²) in [5.41, 5.74) is 3.72. The molecule has 1 aliphatic rings. The molecule has 25 heavy (non-hydrogen) atoms. The number of rotatable bonds is 3. The van der Waals surface area contributed by atoms with Crippen molar-refractivity contribution in [3.63, 3.8) is 0 Å². The first-order valence-electron chi connectivity index (χ1n) is 8.47. The highest BCUT2D eigenvalue weighted by Crippen LogP contribution is 2.18. The monoisotopic (exact) mass is 329 g/mol. The van der Waals surface area contributed by atoms with Crippen molar-refractivity contribution in [1.82, 2.24) is 15.1 Å². The number of hydrogen-bond acceptors (Lipinski definition) is 2. The molecular weight excluding hydrogens is 310 g/mol. The van der Waals surface area contributed by atoms with Gasteiger partial charge in [-0.3, -0.25) is 9.89 Å². The first-order chi connectivity index (χ1) is 12.3. The fourth-order valence-corrected chi connectivity index (χ4v) is 3.03. The average molecular weight is 329 g/mol. The minimum Gasteiger partial charge on any atom is -0.335 e. The summed E-state index contributed by atoms with van der Waals surface area (Å²) in [7, 11) is 0. The van der Waals surface area contributed by atoms with Crippen molar-refractivity contribution in [3.8, 4) is 0 Å². The lowest BCUT2D eigenvalue weighted by atomic mass is 10.1. The molecule has 1 N–H and O–H groups in total. The highest BCUT2D eigenvalue weighted by atomic mass is 16.2. The number of nitrogens with one attached hydrogen (secondary N) is 1. The zero-order chi connectivity index (χ0) is 17.1. The topological polar surface area (TPSA) is 49.0 Å². The number of benzene rings is 2. The Bertz CT molecular complexity index is 951. The molecule has 0 bridgehead atoms. The van der Waals surface area contributed by atoms with Crippen molar-refractivity contribution in [3.05, 3.63) is 77.5 Å². The molecule has 0 saturated heterocycles. The van der Waals surface area contributed by atoms with E-state index in [4.69, 9.17) is 0 Å². The number of para-hydroxylation sites is 1. The third-order valence-corrected chi connectivity index (χ3v) is 4.44. The third kappa shape index (κ3) is 3.24. The van der Waals surface area contributed by atoms with E-state index in [9.17, 15) is 4.79 Å². The molecular formula is C21H19N3O. The van der Waals surface area contributed by atoms with E-state index < -0.39 is 0 Å². The summed E-state index contributed by atoms with van der Waals surface area (Å²) in [5, 5.41) is 8.47. The van der Waals surface area contributed by atoms with Crippen LogP contribution < -0.4 is 0 Å². The van der Waals surface area contributed by atoms with Gasteiger partial charge in [-0.2, -0.15) is 5.10 Å². The Morgan fingerprint density at radius 1 is 1.04 bits per heavy atom. The zero-order valence-corrected chi connectivity index (χ0v) is 13.9. The van der Waals surface area contributed by atoms with Gasteiger partial charge in [-0.1, -0.05) is 48.6 Å². The van der Waals surface area contributed by atoms with E-state index in [0.29, 0.717) is 6.54 Å². The number of aromatic nitrogens is 2. The normalized spacial score (nSPS) is 14.5. The van der Waals surface area contributed by atoms with E-state index in [1.54, 1.807) is 0 Å². The summed E-state index contributed by atoms with van der Waals surface area (Å²) in [6.07, 6.45) is 9.11. The van der Waals surface area contributed by atoms with Gasteiger partial charge in [0.25, 0.3) is 5.91 Å². The van der Waals surface area contributed by atoms with Crippen molar-refractivity contribution in [1.29, 1.82) is 0 Å². The van der Waals surface area contributed by atoms with Gasteiger partial charge >= 0.3 is 0 Å². The minimum atomic E-state index is 0.0955. The summed E-state index contributed by atoms with van der Waals surface area (Å²) in [6.45, 7) is 1.50. The van der Waals surface area contributed by atoms with E-state index in [0.717, 1.165) is 40.7 Å². The van der Waals surface area contributed by atoms with Crippen LogP contribution in [0.25, 0.3) is 23.1 Å². The Kier molecular flexibility index (Phi) is 4.17. The quantitative estimate of drug-likeness (QED) is 0.734. The standard InChI is InChI=1S/C21H19N3O/c25-21(24-14-4-1-5-15-24)17-11-8-16(9-12-17)10-13-20-18-6-2-3-7-19(18)22-23-20/h1-4,6-13H,5,14-15H2,(H,22,23)/b13-10+. The van der Waals surface area contributed by atoms with Gasteiger partial charge in [-0.15, -0.1) is 0 Å². The molecule has 1 amide bonds. The maximum Gasteiger partial charge on any atom is 0.254 e. The van der Waals surface area contributed by atoms with Crippen LogP contribution in [0, 0.1) is 0 Å². The molecule has 0 fully saturated rings. The van der Waals surface area contributed by atoms with Gasteiger partial charge in [0, 0.05) is 24.0 Å². The fraction of sp³-hybridized carbons (Fsp3) is 0.143. The van der Waals surface area contributed by atoms with Crippen LogP contribution in [0.15, 0.2) is 60.7 Å². The Balaban J connectivity index is 1.50. The van der Waals surface area contributed by atoms with Crippen molar-refractivity contribution >= 4 is 29.0 Å². The van der Waals surface area contributed by atoms with Gasteiger partial charge in [0.1, 0.15) is 0 Å². The number of hydrogen-bond donors (Lipinski definition) is 1. The van der Waals surface area contributed by atoms with Crippen molar-refractivity contribution in [2.45, 2.75) is 6.42 Å². The first-order valence-corrected chi connectivity index (χ1v) is 8.47. The van der Waals surface area contributed by atoms with Crippen molar-refractivity contribution in [2.24, 2.45) is 0 Å². The van der Waals surface area contributed by atoms with E-state index in [2.05, 4.69) is 16.3 Å². The molecule has 0 aliphatic carbocycles. The van der Waals surface area contributed by atoms with Gasteiger partial charge in [-0.25, -0.2) is 0 Å². The molecule has 124 valence electrons. The summed E-state index contributed by atoms with van der Waals surface area (Å²) in [4.78, 5) is 14.3. The summed E-state index contributed by atoms with van der Waals surface area (Å²) < 4.78 is 0. The third-order valence-electron chi connectivity index (χ3n) is 4.44. The second-order valence-corrected chi connectivity index (χ2v) is 6.12. The predicted octanol–water partition coefficient (Wildman–Crippen LogP) is 4.14. The zero-order valence-electron chi connectivity index (χ0n) is 13.9. The maximum atomic E-state index is 12.5. The van der Waals surface area contributed by atoms with E-state index >= 15 is 0 Å². The number of H-pyrrole nitrogens is 1. The van der Waals surface area contributed by atoms with Gasteiger partial charge in [0.05, 0.1) is 11.2 Å². The van der Waals surface area contributed by atoms with Crippen LogP contribution in [0.1, 0.15) is 28.0 Å². The van der Waals surface area contributed by atoms with E-state index in [-0.39, 0.29) is 5.91 Å². The molecule has 0 spiro atoms. The highest BCUT2D eigenvalue weighted by molar-refractivity contribution is 5.95. The van der Waals surface area contributed by atoms with E-state index in [1.807, 2.05) is 71.7 Å². The highest BCUT2D eigenvalue weighted by Gasteiger charge is 2.15. The van der Waals surface area contributed by atoms with Crippen LogP contribution in [0.5, 0.6) is 0 Å². The number of carbonyl (C=O) groups excluding carboxylic acids is 1. The number of nitrogens with zero attached hydrogens (tertiary/aromatic N) is 2. The van der Waals surface area contributed by atoms with Gasteiger partial charge < -0.3 is 4.90 Å². The molecule has 2 aromatic carbocycles. The molecule has 1 aromatic heterocycles. The Labute approximate surface area is 146 Å². The Morgan fingerprint density at radius 2 is 1.88 bits per heavy atom. The maximum absolute atomic E-state index is 12.5. The number of aromatic amines is 1. The molecule has 0 unspecified atom stereocenters. The van der Waals surface area contributed by atoms with Gasteiger partial charge in [0.15, 0.2) is 0 Å². The molecule has 4 heteroatoms. The molecule has 4 nitrogen and oxygen atoms in total. The second-order valence-electron chi connectivity index (χ2n) is 6.12. The molecule has 2 heterocycles. The number of amides is 1. The largest absolute Gasteiger partial charge is 0.335 e. The summed E-state index contributed by atoms with van der Waals surface area (Å²) >= 11 is 0. The van der Waals surface area contributed by atoms with Crippen molar-refractivity contribution in [2.75, 3.05) is 13.1 Å². The minimum absolute atomic E-state index is 0.0955. The SMILES string of the molecule is O=C(c1ccc(/C=C/c2n[nH]c3ccccc23)cc1)N1CC=CCC1. The fourth-order valence-electron chi connectivity index (χ4n) is 3.03. The molecule has 3 aromatic rings. The lowest BCUT2D eigenvalue weighted by Crippen LogP contribution is -2.33. The van der Waals surface area contributed by atoms with Crippen LogP contribution >= 0.6 is 0 Å². The van der Waals surface area contributed by atoms with Crippen LogP contribution in [0.4, 0.5) is 0 Å². The molecule has 4 rings (SSSR count). The predicted molar refractivity (Wildman–Crippen MR) is 101 cm³/mol. The summed E-state index contributed by atoms with van der Waals surface area (Å²) in [5.74, 6) is 0.0955.